The third kappa shape index (κ3) is 6.47. The average molecular weight is 477 g/mol. The molecule has 0 radical (unpaired) electrons. The van der Waals surface area contributed by atoms with Gasteiger partial charge in [0.15, 0.2) is 5.78 Å². The Morgan fingerprint density at radius 1 is 1.06 bits per heavy atom. The van der Waals surface area contributed by atoms with Crippen LogP contribution in [0.1, 0.15) is 62.4 Å². The van der Waals surface area contributed by atoms with Crippen LogP contribution < -0.4 is 5.32 Å². The number of piperidine rings is 1. The van der Waals surface area contributed by atoms with E-state index in [1.807, 2.05) is 39.0 Å². The van der Waals surface area contributed by atoms with Crippen LogP contribution in [-0.2, 0) is 9.53 Å². The molecular formula is C27H32N4O4. The van der Waals surface area contributed by atoms with Crippen molar-refractivity contribution >= 4 is 34.8 Å². The maximum atomic E-state index is 12.7. The molecule has 1 saturated heterocycles. The molecule has 35 heavy (non-hydrogen) atoms. The molecule has 2 aromatic carbocycles. The van der Waals surface area contributed by atoms with Gasteiger partial charge in [-0.3, -0.25) is 14.9 Å². The summed E-state index contributed by atoms with van der Waals surface area (Å²) >= 11 is 0. The van der Waals surface area contributed by atoms with Crippen molar-refractivity contribution in [3.63, 3.8) is 0 Å². The monoisotopic (exact) mass is 476 g/mol. The lowest BCUT2D eigenvalue weighted by molar-refractivity contribution is -0.116. The van der Waals surface area contributed by atoms with Gasteiger partial charge in [0, 0.05) is 30.6 Å². The van der Waals surface area contributed by atoms with Crippen molar-refractivity contribution in [2.75, 3.05) is 18.4 Å². The number of anilines is 1. The number of rotatable bonds is 6. The fourth-order valence-electron chi connectivity index (χ4n) is 4.23. The molecule has 0 atom stereocenters. The Hall–Kier alpha value is -3.68. The number of imidazole rings is 1. The minimum atomic E-state index is -0.498. The maximum absolute atomic E-state index is 12.7. The third-order valence-electron chi connectivity index (χ3n) is 6.08. The van der Waals surface area contributed by atoms with Gasteiger partial charge in [0.2, 0.25) is 11.9 Å². The molecular weight excluding hydrogens is 444 g/mol. The minimum absolute atomic E-state index is 0.0644. The van der Waals surface area contributed by atoms with Crippen LogP contribution in [0.4, 0.5) is 10.7 Å². The van der Waals surface area contributed by atoms with E-state index in [9.17, 15) is 14.4 Å². The first kappa shape index (κ1) is 24.4. The van der Waals surface area contributed by atoms with Crippen molar-refractivity contribution in [3.05, 3.63) is 59.7 Å². The number of likely N-dealkylation sites (tertiary alicyclic amines) is 1. The number of amides is 2. The molecule has 3 aromatic rings. The van der Waals surface area contributed by atoms with Gasteiger partial charge in [-0.2, -0.15) is 0 Å². The second-order valence-electron chi connectivity index (χ2n) is 10.0. The molecule has 0 spiro atoms. The Bertz CT molecular complexity index is 1200. The molecule has 184 valence electrons. The second kappa shape index (κ2) is 10.3. The number of hydrogen-bond donors (Lipinski definition) is 2. The zero-order chi connectivity index (χ0) is 25.0. The molecule has 1 aliphatic rings. The number of aromatic nitrogens is 2. The lowest BCUT2D eigenvalue weighted by atomic mass is 9.92. The largest absolute Gasteiger partial charge is 0.444 e. The Kier molecular flexibility index (Phi) is 7.19. The van der Waals surface area contributed by atoms with Gasteiger partial charge in [-0.25, -0.2) is 9.78 Å². The van der Waals surface area contributed by atoms with E-state index in [-0.39, 0.29) is 17.8 Å². The third-order valence-corrected chi connectivity index (χ3v) is 6.08. The number of ketones is 1. The molecule has 2 heterocycles. The summed E-state index contributed by atoms with van der Waals surface area (Å²) in [5.74, 6) is 0.584. The first-order valence-corrected chi connectivity index (χ1v) is 12.1. The van der Waals surface area contributed by atoms with Gasteiger partial charge in [0.05, 0.1) is 11.0 Å². The van der Waals surface area contributed by atoms with E-state index in [0.29, 0.717) is 53.5 Å². The lowest BCUT2D eigenvalue weighted by Crippen LogP contribution is -2.41. The van der Waals surface area contributed by atoms with Crippen LogP contribution in [-0.4, -0.2) is 51.3 Å². The summed E-state index contributed by atoms with van der Waals surface area (Å²) in [5.41, 5.74) is 2.05. The number of H-pyrrole nitrogens is 1. The summed E-state index contributed by atoms with van der Waals surface area (Å²) in [5, 5.41) is 2.83. The minimum Gasteiger partial charge on any atom is -0.444 e. The molecule has 0 saturated carbocycles. The van der Waals surface area contributed by atoms with Crippen LogP contribution >= 0.6 is 0 Å². The number of nitrogens with one attached hydrogen (secondary N) is 2. The Morgan fingerprint density at radius 2 is 1.77 bits per heavy atom. The van der Waals surface area contributed by atoms with Crippen LogP contribution in [0.25, 0.3) is 11.0 Å². The molecule has 2 amide bonds. The van der Waals surface area contributed by atoms with E-state index in [4.69, 9.17) is 4.74 Å². The lowest BCUT2D eigenvalue weighted by Gasteiger charge is -2.33. The number of aromatic amines is 1. The molecule has 8 nitrogen and oxygen atoms in total. The van der Waals surface area contributed by atoms with Crippen molar-refractivity contribution in [1.82, 2.24) is 14.9 Å². The van der Waals surface area contributed by atoms with Crippen LogP contribution in [0, 0.1) is 5.92 Å². The predicted octanol–water partition coefficient (Wildman–Crippen LogP) is 5.16. The van der Waals surface area contributed by atoms with Gasteiger partial charge in [0.25, 0.3) is 0 Å². The molecule has 1 aromatic heterocycles. The normalized spacial score (nSPS) is 14.7. The Labute approximate surface area is 205 Å². The summed E-state index contributed by atoms with van der Waals surface area (Å²) < 4.78 is 5.44. The van der Waals surface area contributed by atoms with Crippen molar-refractivity contribution < 1.29 is 19.1 Å². The number of benzene rings is 2. The van der Waals surface area contributed by atoms with E-state index < -0.39 is 5.60 Å². The quantitative estimate of drug-likeness (QED) is 0.478. The van der Waals surface area contributed by atoms with Gasteiger partial charge in [-0.1, -0.05) is 30.3 Å². The van der Waals surface area contributed by atoms with Gasteiger partial charge < -0.3 is 14.6 Å². The first-order valence-electron chi connectivity index (χ1n) is 12.1. The summed E-state index contributed by atoms with van der Waals surface area (Å²) in [6, 6.07) is 14.4. The number of ether oxygens (including phenoxy) is 1. The summed E-state index contributed by atoms with van der Waals surface area (Å²) in [4.78, 5) is 46.7. The summed E-state index contributed by atoms with van der Waals surface area (Å²) in [6.07, 6.45) is 2.58. The molecule has 1 fully saturated rings. The number of nitrogens with zero attached hydrogens (tertiary/aromatic N) is 2. The van der Waals surface area contributed by atoms with Crippen molar-refractivity contribution in [2.45, 2.75) is 52.1 Å². The van der Waals surface area contributed by atoms with Crippen LogP contribution in [0.15, 0.2) is 48.5 Å². The van der Waals surface area contributed by atoms with E-state index >= 15 is 0 Å². The fourth-order valence-corrected chi connectivity index (χ4v) is 4.23. The fraction of sp³-hybridized carbons (Fsp3) is 0.407. The highest BCUT2D eigenvalue weighted by Crippen LogP contribution is 2.24. The molecule has 0 aliphatic carbocycles. The van der Waals surface area contributed by atoms with Crippen molar-refractivity contribution in [3.8, 4) is 0 Å². The van der Waals surface area contributed by atoms with Crippen molar-refractivity contribution in [2.24, 2.45) is 5.92 Å². The van der Waals surface area contributed by atoms with Crippen molar-refractivity contribution in [1.29, 1.82) is 0 Å². The van der Waals surface area contributed by atoms with Crippen LogP contribution in [0.2, 0.25) is 0 Å². The van der Waals surface area contributed by atoms with E-state index in [1.54, 1.807) is 35.2 Å². The highest BCUT2D eigenvalue weighted by molar-refractivity contribution is 6.10. The Balaban J connectivity index is 1.27. The van der Waals surface area contributed by atoms with E-state index in [1.165, 1.54) is 0 Å². The number of hydrogen-bond acceptors (Lipinski definition) is 5. The van der Waals surface area contributed by atoms with Crippen LogP contribution in [0.3, 0.4) is 0 Å². The number of carbonyl (C=O) groups is 3. The number of fused-ring (bicyclic) bond motifs is 1. The molecule has 4 rings (SSSR count). The average Bonchev–Trinajstić information content (AvgIpc) is 3.23. The molecule has 2 N–H and O–H groups in total. The Morgan fingerprint density at radius 3 is 2.46 bits per heavy atom. The zero-order valence-corrected chi connectivity index (χ0v) is 20.5. The maximum Gasteiger partial charge on any atom is 0.410 e. The highest BCUT2D eigenvalue weighted by Gasteiger charge is 2.27. The van der Waals surface area contributed by atoms with E-state index in [0.717, 1.165) is 19.3 Å². The van der Waals surface area contributed by atoms with E-state index in [2.05, 4.69) is 15.3 Å². The molecule has 8 heteroatoms. The van der Waals surface area contributed by atoms with Gasteiger partial charge in [0.1, 0.15) is 5.60 Å². The molecule has 0 bridgehead atoms. The van der Waals surface area contributed by atoms with Crippen LogP contribution in [0.5, 0.6) is 0 Å². The molecule has 0 unspecified atom stereocenters. The summed E-state index contributed by atoms with van der Waals surface area (Å²) in [7, 11) is 0. The smallest absolute Gasteiger partial charge is 0.410 e. The topological polar surface area (TPSA) is 104 Å². The SMILES string of the molecule is CC(C)(C)OC(=O)N1CCC(CCC(=O)Nc2nc3ccc(C(=O)c4ccccc4)cc3[nH]2)CC1. The standard InChI is InChI=1S/C27H32N4O4/c1-27(2,3)35-26(34)31-15-13-18(14-16-31)9-12-23(32)30-25-28-21-11-10-20(17-22(21)29-25)24(33)19-7-5-4-6-8-19/h4-8,10-11,17-18H,9,12-16H2,1-3H3,(H2,28,29,30,32). The van der Waals surface area contributed by atoms with Gasteiger partial charge in [-0.15, -0.1) is 0 Å². The first-order chi connectivity index (χ1) is 16.7. The second-order valence-corrected chi connectivity index (χ2v) is 10.0. The number of carbonyl (C=O) groups excluding carboxylic acids is 3. The van der Waals surface area contributed by atoms with Gasteiger partial charge >= 0.3 is 6.09 Å². The van der Waals surface area contributed by atoms with Gasteiger partial charge in [-0.05, 0) is 64.2 Å². The summed E-state index contributed by atoms with van der Waals surface area (Å²) in [6.45, 7) is 6.88. The zero-order valence-electron chi connectivity index (χ0n) is 20.5. The predicted molar refractivity (Wildman–Crippen MR) is 134 cm³/mol. The highest BCUT2D eigenvalue weighted by atomic mass is 16.6. The molecule has 1 aliphatic heterocycles.